The zero-order valence-corrected chi connectivity index (χ0v) is 12.9. The number of sulfonamides is 1. The molecule has 0 aliphatic carbocycles. The first-order chi connectivity index (χ1) is 10.8. The van der Waals surface area contributed by atoms with Crippen molar-refractivity contribution in [1.29, 1.82) is 0 Å². The van der Waals surface area contributed by atoms with Crippen molar-refractivity contribution < 1.29 is 22.0 Å². The number of benzene rings is 2. The Morgan fingerprint density at radius 1 is 1.09 bits per heavy atom. The second-order valence-corrected chi connectivity index (χ2v) is 6.54. The highest BCUT2D eigenvalue weighted by Gasteiger charge is 2.07. The van der Waals surface area contributed by atoms with Gasteiger partial charge in [-0.3, -0.25) is 9.52 Å². The fourth-order valence-corrected chi connectivity index (χ4v) is 2.39. The van der Waals surface area contributed by atoms with E-state index >= 15 is 0 Å². The fraction of sp³-hybridized carbons (Fsp3) is 0.0625. The summed E-state index contributed by atoms with van der Waals surface area (Å²) in [6.45, 7) is 0. The number of carbonyl (C=O) groups excluding carboxylic acids is 1. The highest BCUT2D eigenvalue weighted by Crippen LogP contribution is 2.15. The van der Waals surface area contributed by atoms with E-state index in [2.05, 4.69) is 4.72 Å². The Morgan fingerprint density at radius 3 is 2.35 bits per heavy atom. The molecule has 0 aliphatic rings. The maximum Gasteiger partial charge on any atom is 0.229 e. The summed E-state index contributed by atoms with van der Waals surface area (Å²) in [5.74, 6) is -2.43. The third kappa shape index (κ3) is 4.72. The number of ketones is 1. The van der Waals surface area contributed by atoms with E-state index in [4.69, 9.17) is 0 Å². The van der Waals surface area contributed by atoms with E-state index in [1.807, 2.05) is 0 Å². The molecule has 0 heterocycles. The summed E-state index contributed by atoms with van der Waals surface area (Å²) >= 11 is 0. The van der Waals surface area contributed by atoms with Gasteiger partial charge in [0.05, 0.1) is 6.26 Å². The summed E-state index contributed by atoms with van der Waals surface area (Å²) < 4.78 is 51.0. The van der Waals surface area contributed by atoms with Crippen molar-refractivity contribution >= 4 is 27.6 Å². The number of anilines is 1. The van der Waals surface area contributed by atoms with Crippen LogP contribution < -0.4 is 4.72 Å². The van der Waals surface area contributed by atoms with E-state index in [9.17, 15) is 22.0 Å². The summed E-state index contributed by atoms with van der Waals surface area (Å²) in [6.07, 6.45) is 3.32. The summed E-state index contributed by atoms with van der Waals surface area (Å²) in [5, 5.41) is 0. The molecule has 0 saturated heterocycles. The largest absolute Gasteiger partial charge is 0.289 e. The predicted molar refractivity (Wildman–Crippen MR) is 84.6 cm³/mol. The van der Waals surface area contributed by atoms with Crippen molar-refractivity contribution in [1.82, 2.24) is 0 Å². The van der Waals surface area contributed by atoms with Gasteiger partial charge >= 0.3 is 0 Å². The molecule has 0 aliphatic heterocycles. The van der Waals surface area contributed by atoms with E-state index in [1.54, 1.807) is 0 Å². The fourth-order valence-electron chi connectivity index (χ4n) is 1.83. The summed E-state index contributed by atoms with van der Waals surface area (Å²) in [4.78, 5) is 12.0. The Kier molecular flexibility index (Phi) is 4.90. The van der Waals surface area contributed by atoms with Crippen LogP contribution in [0.3, 0.4) is 0 Å². The number of carbonyl (C=O) groups is 1. The number of hydrogen-bond donors (Lipinski definition) is 1. The highest BCUT2D eigenvalue weighted by molar-refractivity contribution is 7.92. The zero-order chi connectivity index (χ0) is 17.0. The van der Waals surface area contributed by atoms with Crippen molar-refractivity contribution in [3.05, 3.63) is 71.3 Å². The molecule has 4 nitrogen and oxygen atoms in total. The average Bonchev–Trinajstić information content (AvgIpc) is 2.47. The molecule has 0 aromatic heterocycles. The van der Waals surface area contributed by atoms with Crippen LogP contribution in [0.15, 0.2) is 48.5 Å². The summed E-state index contributed by atoms with van der Waals surface area (Å²) in [7, 11) is -3.39. The minimum atomic E-state index is -3.39. The van der Waals surface area contributed by atoms with Crippen LogP contribution >= 0.6 is 0 Å². The Labute approximate surface area is 132 Å². The lowest BCUT2D eigenvalue weighted by Crippen LogP contribution is -2.09. The average molecular weight is 337 g/mol. The maximum atomic E-state index is 13.5. The van der Waals surface area contributed by atoms with Crippen molar-refractivity contribution in [2.24, 2.45) is 0 Å². The van der Waals surface area contributed by atoms with Crippen LogP contribution in [0.25, 0.3) is 6.08 Å². The van der Waals surface area contributed by atoms with Crippen LogP contribution in [-0.2, 0) is 10.0 Å². The smallest absolute Gasteiger partial charge is 0.229 e. The van der Waals surface area contributed by atoms with Gasteiger partial charge in [0.15, 0.2) is 17.4 Å². The molecular formula is C16H13F2NO3S. The number of nitrogens with one attached hydrogen (secondary N) is 1. The first-order valence-electron chi connectivity index (χ1n) is 6.50. The van der Waals surface area contributed by atoms with Crippen molar-refractivity contribution in [2.45, 2.75) is 0 Å². The molecule has 0 atom stereocenters. The second kappa shape index (κ2) is 6.70. The molecule has 2 aromatic carbocycles. The Hall–Kier alpha value is -2.54. The van der Waals surface area contributed by atoms with E-state index in [0.29, 0.717) is 5.69 Å². The van der Waals surface area contributed by atoms with E-state index in [1.165, 1.54) is 42.5 Å². The monoisotopic (exact) mass is 337 g/mol. The lowest BCUT2D eigenvalue weighted by atomic mass is 10.1. The minimum Gasteiger partial charge on any atom is -0.289 e. The number of halogens is 2. The standard InChI is InChI=1S/C16H13F2NO3S/c1-23(21,22)19-13-8-5-11(6-9-13)15(20)10-7-12-3-2-4-14(17)16(12)18/h2-10,19H,1H3/b10-7+. The molecule has 23 heavy (non-hydrogen) atoms. The minimum absolute atomic E-state index is 0.0336. The van der Waals surface area contributed by atoms with Gasteiger partial charge in [0.1, 0.15) is 0 Å². The molecular weight excluding hydrogens is 324 g/mol. The number of rotatable bonds is 5. The van der Waals surface area contributed by atoms with Crippen LogP contribution in [0.1, 0.15) is 15.9 Å². The molecule has 0 fully saturated rings. The summed E-state index contributed by atoms with van der Waals surface area (Å²) in [5.41, 5.74) is 0.579. The molecule has 0 bridgehead atoms. The maximum absolute atomic E-state index is 13.5. The highest BCUT2D eigenvalue weighted by atomic mass is 32.2. The Balaban J connectivity index is 2.14. The first kappa shape index (κ1) is 16.8. The zero-order valence-electron chi connectivity index (χ0n) is 12.1. The SMILES string of the molecule is CS(=O)(=O)Nc1ccc(C(=O)/C=C/c2cccc(F)c2F)cc1. The van der Waals surface area contributed by atoms with E-state index in [-0.39, 0.29) is 11.1 Å². The second-order valence-electron chi connectivity index (χ2n) is 4.79. The van der Waals surface area contributed by atoms with Crippen molar-refractivity contribution in [2.75, 3.05) is 11.0 Å². The molecule has 0 radical (unpaired) electrons. The predicted octanol–water partition coefficient (Wildman–Crippen LogP) is 3.23. The van der Waals surface area contributed by atoms with E-state index < -0.39 is 27.4 Å². The molecule has 2 aromatic rings. The van der Waals surface area contributed by atoms with Crippen LogP contribution in [0.2, 0.25) is 0 Å². The lowest BCUT2D eigenvalue weighted by Gasteiger charge is -2.04. The molecule has 0 spiro atoms. The third-order valence-electron chi connectivity index (χ3n) is 2.87. The quantitative estimate of drug-likeness (QED) is 0.673. The van der Waals surface area contributed by atoms with Gasteiger partial charge in [-0.2, -0.15) is 0 Å². The van der Waals surface area contributed by atoms with Crippen LogP contribution in [0.4, 0.5) is 14.5 Å². The normalized spacial score (nSPS) is 11.6. The molecule has 7 heteroatoms. The van der Waals surface area contributed by atoms with E-state index in [0.717, 1.165) is 18.4 Å². The van der Waals surface area contributed by atoms with Crippen LogP contribution in [0.5, 0.6) is 0 Å². The van der Waals surface area contributed by atoms with Gasteiger partial charge in [-0.15, -0.1) is 0 Å². The Morgan fingerprint density at radius 2 is 1.74 bits per heavy atom. The van der Waals surface area contributed by atoms with Crippen molar-refractivity contribution in [3.63, 3.8) is 0 Å². The molecule has 0 saturated carbocycles. The van der Waals surface area contributed by atoms with Gasteiger partial charge < -0.3 is 0 Å². The number of hydrogen-bond acceptors (Lipinski definition) is 3. The van der Waals surface area contributed by atoms with Gasteiger partial charge in [-0.25, -0.2) is 17.2 Å². The van der Waals surface area contributed by atoms with Gasteiger partial charge in [0, 0.05) is 16.8 Å². The molecule has 0 amide bonds. The van der Waals surface area contributed by atoms with Crippen LogP contribution in [0, 0.1) is 11.6 Å². The summed E-state index contributed by atoms with van der Waals surface area (Å²) in [6, 6.07) is 9.41. The van der Waals surface area contributed by atoms with Gasteiger partial charge in [-0.05, 0) is 42.5 Å². The molecule has 120 valence electrons. The lowest BCUT2D eigenvalue weighted by molar-refractivity contribution is 0.104. The van der Waals surface area contributed by atoms with Gasteiger partial charge in [-0.1, -0.05) is 12.1 Å². The van der Waals surface area contributed by atoms with Gasteiger partial charge in [0.25, 0.3) is 0 Å². The third-order valence-corrected chi connectivity index (χ3v) is 3.47. The number of allylic oxidation sites excluding steroid dienone is 1. The topological polar surface area (TPSA) is 63.2 Å². The molecule has 2 rings (SSSR count). The first-order valence-corrected chi connectivity index (χ1v) is 8.40. The Bertz CT molecular complexity index is 859. The molecule has 1 N–H and O–H groups in total. The van der Waals surface area contributed by atoms with Crippen molar-refractivity contribution in [3.8, 4) is 0 Å². The van der Waals surface area contributed by atoms with Crippen LogP contribution in [-0.4, -0.2) is 20.5 Å². The van der Waals surface area contributed by atoms with Gasteiger partial charge in [0.2, 0.25) is 10.0 Å². The molecule has 0 unspecified atom stereocenters.